The molecule has 2 aromatic rings. The maximum atomic E-state index is 11.0. The number of rotatable bonds is 3. The number of nitro benzene ring substituents is 1. The molecule has 0 unspecified atom stereocenters. The Balaban J connectivity index is 0.00000180. The van der Waals surface area contributed by atoms with Crippen molar-refractivity contribution in [1.29, 1.82) is 0 Å². The van der Waals surface area contributed by atoms with E-state index in [-0.39, 0.29) is 29.4 Å². The highest BCUT2D eigenvalue weighted by atomic mass is 35.5. The number of thiophene rings is 1. The second kappa shape index (κ2) is 6.01. The summed E-state index contributed by atoms with van der Waals surface area (Å²) in [4.78, 5) is 11.3. The van der Waals surface area contributed by atoms with Gasteiger partial charge in [0.05, 0.1) is 16.5 Å². The number of halogens is 1. The van der Waals surface area contributed by atoms with Crippen LogP contribution in [-0.2, 0) is 0 Å². The van der Waals surface area contributed by atoms with Gasteiger partial charge in [-0.15, -0.1) is 23.7 Å². The van der Waals surface area contributed by atoms with Gasteiger partial charge in [0, 0.05) is 10.9 Å². The minimum Gasteiger partial charge on any atom is -0.507 e. The molecule has 102 valence electrons. The Hall–Kier alpha value is -1.63. The molecule has 2 rings (SSSR count). The molecule has 7 heteroatoms. The molecule has 5 nitrogen and oxygen atoms in total. The molecule has 0 saturated carbocycles. The maximum Gasteiger partial charge on any atom is 0.278 e. The molecule has 0 amide bonds. The minimum atomic E-state index is -0.690. The zero-order valence-corrected chi connectivity index (χ0v) is 11.7. The van der Waals surface area contributed by atoms with Crippen molar-refractivity contribution < 1.29 is 10.0 Å². The molecule has 1 aromatic carbocycles. The van der Waals surface area contributed by atoms with Crippen LogP contribution in [0.2, 0.25) is 0 Å². The molecule has 1 aromatic heterocycles. The Kier molecular flexibility index (Phi) is 4.88. The van der Waals surface area contributed by atoms with E-state index < -0.39 is 11.0 Å². The summed E-state index contributed by atoms with van der Waals surface area (Å²) in [6, 6.07) is 5.81. The molecule has 0 aliphatic rings. The van der Waals surface area contributed by atoms with E-state index in [0.29, 0.717) is 5.56 Å². The van der Waals surface area contributed by atoms with Gasteiger partial charge in [0.1, 0.15) is 5.75 Å². The van der Waals surface area contributed by atoms with Crippen molar-refractivity contribution in [3.63, 3.8) is 0 Å². The van der Waals surface area contributed by atoms with E-state index in [0.717, 1.165) is 4.88 Å². The number of hydrogen-bond donors (Lipinski definition) is 2. The molecule has 1 atom stereocenters. The number of nitrogens with zero attached hydrogens (tertiary/aromatic N) is 1. The highest BCUT2D eigenvalue weighted by molar-refractivity contribution is 7.10. The van der Waals surface area contributed by atoms with Crippen molar-refractivity contribution in [2.75, 3.05) is 0 Å². The zero-order chi connectivity index (χ0) is 13.3. The van der Waals surface area contributed by atoms with Gasteiger partial charge in [-0.1, -0.05) is 6.07 Å². The maximum absolute atomic E-state index is 11.0. The first-order chi connectivity index (χ1) is 8.52. The monoisotopic (exact) mass is 300 g/mol. The van der Waals surface area contributed by atoms with Gasteiger partial charge in [-0.05, 0) is 30.0 Å². The Morgan fingerprint density at radius 1 is 1.42 bits per heavy atom. The normalized spacial score (nSPS) is 11.7. The molecule has 19 heavy (non-hydrogen) atoms. The molecule has 0 bridgehead atoms. The molecular formula is C12H13ClN2O3S. The average Bonchev–Trinajstić information content (AvgIpc) is 2.84. The van der Waals surface area contributed by atoms with Gasteiger partial charge in [0.2, 0.25) is 0 Å². The van der Waals surface area contributed by atoms with Crippen molar-refractivity contribution in [2.24, 2.45) is 5.73 Å². The second-order valence-corrected chi connectivity index (χ2v) is 4.89. The number of benzene rings is 1. The number of nitro groups is 1. The van der Waals surface area contributed by atoms with Gasteiger partial charge >= 0.3 is 0 Å². The van der Waals surface area contributed by atoms with Gasteiger partial charge in [-0.3, -0.25) is 10.1 Å². The third-order valence-corrected chi connectivity index (χ3v) is 3.71. The minimum absolute atomic E-state index is 0. The molecule has 0 radical (unpaired) electrons. The van der Waals surface area contributed by atoms with E-state index >= 15 is 0 Å². The average molecular weight is 301 g/mol. The van der Waals surface area contributed by atoms with Crippen LogP contribution in [0, 0.1) is 17.0 Å². The zero-order valence-electron chi connectivity index (χ0n) is 10.1. The van der Waals surface area contributed by atoms with Crippen molar-refractivity contribution in [3.05, 3.63) is 55.8 Å². The quantitative estimate of drug-likeness (QED) is 0.673. The lowest BCUT2D eigenvalue weighted by atomic mass is 10.00. The van der Waals surface area contributed by atoms with Crippen molar-refractivity contribution in [3.8, 4) is 5.75 Å². The molecule has 0 saturated heterocycles. The first kappa shape index (κ1) is 15.4. The highest BCUT2D eigenvalue weighted by Gasteiger charge is 2.26. The largest absolute Gasteiger partial charge is 0.507 e. The van der Waals surface area contributed by atoms with E-state index in [4.69, 9.17) is 5.73 Å². The molecule has 3 N–H and O–H groups in total. The van der Waals surface area contributed by atoms with Gasteiger partial charge in [0.25, 0.3) is 5.69 Å². The predicted molar refractivity (Wildman–Crippen MR) is 77.1 cm³/mol. The fourth-order valence-electron chi connectivity index (χ4n) is 1.78. The molecular weight excluding hydrogens is 288 g/mol. The first-order valence-electron chi connectivity index (χ1n) is 5.28. The SMILES string of the molecule is Cc1ccc([N+](=O)[O-])c([C@@H](N)c2cccs2)c1O.Cl. The second-order valence-electron chi connectivity index (χ2n) is 3.91. The molecule has 0 aliphatic heterocycles. The first-order valence-corrected chi connectivity index (χ1v) is 6.16. The van der Waals surface area contributed by atoms with Gasteiger partial charge < -0.3 is 10.8 Å². The van der Waals surface area contributed by atoms with Crippen LogP contribution in [0.25, 0.3) is 0 Å². The summed E-state index contributed by atoms with van der Waals surface area (Å²) in [6.45, 7) is 1.68. The number of aryl methyl sites for hydroxylation is 1. The summed E-state index contributed by atoms with van der Waals surface area (Å²) < 4.78 is 0. The van der Waals surface area contributed by atoms with Crippen LogP contribution in [0.15, 0.2) is 29.6 Å². The van der Waals surface area contributed by atoms with E-state index in [2.05, 4.69) is 0 Å². The van der Waals surface area contributed by atoms with E-state index in [1.54, 1.807) is 13.0 Å². The van der Waals surface area contributed by atoms with Gasteiger partial charge in [-0.2, -0.15) is 0 Å². The van der Waals surface area contributed by atoms with E-state index in [9.17, 15) is 15.2 Å². The fraction of sp³-hybridized carbons (Fsp3) is 0.167. The van der Waals surface area contributed by atoms with Crippen molar-refractivity contribution in [2.45, 2.75) is 13.0 Å². The third kappa shape index (κ3) is 2.86. The number of aromatic hydroxyl groups is 1. The van der Waals surface area contributed by atoms with Crippen LogP contribution >= 0.6 is 23.7 Å². The number of nitrogens with two attached hydrogens (primary N) is 1. The molecule has 1 heterocycles. The van der Waals surface area contributed by atoms with Gasteiger partial charge in [0.15, 0.2) is 0 Å². The summed E-state index contributed by atoms with van der Waals surface area (Å²) >= 11 is 1.40. The number of hydrogen-bond acceptors (Lipinski definition) is 5. The van der Waals surface area contributed by atoms with Crippen LogP contribution in [0.4, 0.5) is 5.69 Å². The fourth-order valence-corrected chi connectivity index (χ4v) is 2.52. The van der Waals surface area contributed by atoms with Crippen LogP contribution in [0.3, 0.4) is 0 Å². The Morgan fingerprint density at radius 3 is 2.63 bits per heavy atom. The molecule has 0 aliphatic carbocycles. The topological polar surface area (TPSA) is 89.4 Å². The van der Waals surface area contributed by atoms with E-state index in [1.165, 1.54) is 23.5 Å². The Morgan fingerprint density at radius 2 is 2.11 bits per heavy atom. The number of phenolic OH excluding ortho intramolecular Hbond substituents is 1. The van der Waals surface area contributed by atoms with Gasteiger partial charge in [-0.25, -0.2) is 0 Å². The summed E-state index contributed by atoms with van der Waals surface area (Å²) in [7, 11) is 0. The lowest BCUT2D eigenvalue weighted by Crippen LogP contribution is -2.13. The molecule has 0 spiro atoms. The summed E-state index contributed by atoms with van der Waals surface area (Å²) in [6.07, 6.45) is 0. The highest BCUT2D eigenvalue weighted by Crippen LogP contribution is 2.38. The number of phenols is 1. The standard InChI is InChI=1S/C12H12N2O3S.ClH/c1-7-4-5-8(14(16)17)10(12(7)15)11(13)9-3-2-6-18-9;/h2-6,11,15H,13H2,1H3;1H/t11-;/m0./s1. The van der Waals surface area contributed by atoms with Crippen molar-refractivity contribution >= 4 is 29.4 Å². The lowest BCUT2D eigenvalue weighted by molar-refractivity contribution is -0.385. The summed E-state index contributed by atoms with van der Waals surface area (Å²) in [5.74, 6) is -0.106. The van der Waals surface area contributed by atoms with Crippen LogP contribution in [-0.4, -0.2) is 10.0 Å². The Bertz CT molecular complexity index is 587. The third-order valence-electron chi connectivity index (χ3n) is 2.75. The molecule has 0 fully saturated rings. The smallest absolute Gasteiger partial charge is 0.278 e. The van der Waals surface area contributed by atoms with E-state index in [1.807, 2.05) is 11.4 Å². The van der Waals surface area contributed by atoms with Crippen molar-refractivity contribution in [1.82, 2.24) is 0 Å². The van der Waals surface area contributed by atoms with Crippen LogP contribution in [0.5, 0.6) is 5.75 Å². The predicted octanol–water partition coefficient (Wildman–Crippen LogP) is 3.14. The van der Waals surface area contributed by atoms with Crippen LogP contribution < -0.4 is 5.73 Å². The Labute approximate surface area is 120 Å². The van der Waals surface area contributed by atoms with Crippen LogP contribution in [0.1, 0.15) is 22.0 Å². The summed E-state index contributed by atoms with van der Waals surface area (Å²) in [5, 5.41) is 22.9. The lowest BCUT2D eigenvalue weighted by Gasteiger charge is -2.13. The summed E-state index contributed by atoms with van der Waals surface area (Å²) in [5.41, 5.74) is 6.60.